The van der Waals surface area contributed by atoms with Crippen LogP contribution in [-0.2, 0) is 48.0 Å². The Morgan fingerprint density at radius 1 is 0.667 bits per heavy atom. The first-order chi connectivity index (χ1) is 28.6. The number of amides is 6. The van der Waals surface area contributed by atoms with Crippen LogP contribution >= 0.6 is 0 Å². The van der Waals surface area contributed by atoms with Crippen molar-refractivity contribution in [2.75, 3.05) is 41.9 Å². The lowest BCUT2D eigenvalue weighted by atomic mass is 9.98. The molecule has 6 atom stereocenters. The summed E-state index contributed by atoms with van der Waals surface area (Å²) in [4.78, 5) is 92.1. The minimum Gasteiger partial charge on any atom is -0.497 e. The fourth-order valence-corrected chi connectivity index (χ4v) is 7.62. The number of fused-ring (bicyclic) bond motifs is 2. The number of likely N-dealkylation sites (N-methyl/N-ethyl adjacent to an activating group) is 3. The lowest BCUT2D eigenvalue weighted by Crippen LogP contribution is -2.62. The van der Waals surface area contributed by atoms with Crippen molar-refractivity contribution >= 4 is 35.4 Å². The summed E-state index contributed by atoms with van der Waals surface area (Å²) in [7, 11) is 7.56. The van der Waals surface area contributed by atoms with Crippen LogP contribution in [-0.4, -0.2) is 133 Å². The maximum Gasteiger partial charge on any atom is 0.246 e. The van der Waals surface area contributed by atoms with E-state index >= 15 is 0 Å². The molecule has 6 rings (SSSR count). The third kappa shape index (κ3) is 10.2. The van der Waals surface area contributed by atoms with Gasteiger partial charge in [-0.15, -0.1) is 0 Å². The van der Waals surface area contributed by atoms with Crippen molar-refractivity contribution < 1.29 is 43.0 Å². The van der Waals surface area contributed by atoms with Gasteiger partial charge in [-0.2, -0.15) is 0 Å². The molecule has 60 heavy (non-hydrogen) atoms. The Morgan fingerprint density at radius 3 is 1.90 bits per heavy atom. The molecule has 0 unspecified atom stereocenters. The van der Waals surface area contributed by atoms with Gasteiger partial charge in [-0.1, -0.05) is 43.7 Å². The monoisotopic (exact) mass is 826 g/mol. The van der Waals surface area contributed by atoms with Crippen LogP contribution in [0.5, 0.6) is 23.0 Å². The van der Waals surface area contributed by atoms with E-state index in [9.17, 15) is 28.8 Å². The van der Waals surface area contributed by atoms with Gasteiger partial charge in [0.1, 0.15) is 47.8 Å². The van der Waals surface area contributed by atoms with E-state index in [1.54, 1.807) is 87.7 Å². The Bertz CT molecular complexity index is 2040. The average Bonchev–Trinajstić information content (AvgIpc) is 3.25. The van der Waals surface area contributed by atoms with Crippen molar-refractivity contribution in [2.45, 2.75) is 96.1 Å². The van der Waals surface area contributed by atoms with Crippen LogP contribution in [0.3, 0.4) is 0 Å². The number of hydrogen-bond acceptors (Lipinski definition) is 9. The highest BCUT2D eigenvalue weighted by Crippen LogP contribution is 2.34. The van der Waals surface area contributed by atoms with Crippen molar-refractivity contribution in [3.63, 3.8) is 0 Å². The molecular formula is C45H58N6O9. The van der Waals surface area contributed by atoms with Crippen molar-refractivity contribution in [1.82, 2.24) is 30.2 Å². The van der Waals surface area contributed by atoms with E-state index in [0.717, 1.165) is 12.0 Å². The van der Waals surface area contributed by atoms with Gasteiger partial charge in [0.15, 0.2) is 11.5 Å². The largest absolute Gasteiger partial charge is 0.497 e. The summed E-state index contributed by atoms with van der Waals surface area (Å²) in [5.41, 5.74) is 2.06. The third-order valence-electron chi connectivity index (χ3n) is 11.5. The Balaban J connectivity index is 1.63. The summed E-state index contributed by atoms with van der Waals surface area (Å²) in [6.45, 7) is 6.84. The van der Waals surface area contributed by atoms with Crippen molar-refractivity contribution in [2.24, 2.45) is 0 Å². The molecule has 15 heteroatoms. The Kier molecular flexibility index (Phi) is 14.8. The first-order valence-electron chi connectivity index (χ1n) is 20.4. The molecule has 2 N–H and O–H groups in total. The molecule has 322 valence electrons. The molecule has 0 saturated carbocycles. The third-order valence-corrected chi connectivity index (χ3v) is 11.5. The van der Waals surface area contributed by atoms with E-state index in [2.05, 4.69) is 10.6 Å². The number of nitrogens with one attached hydrogen (secondary N) is 2. The van der Waals surface area contributed by atoms with E-state index in [-0.39, 0.29) is 25.8 Å². The lowest BCUT2D eigenvalue weighted by Gasteiger charge is -2.38. The van der Waals surface area contributed by atoms with Gasteiger partial charge in [0.2, 0.25) is 35.4 Å². The number of methoxy groups -OCH3 is 2. The number of nitrogens with zero attached hydrogens (tertiary/aromatic N) is 4. The van der Waals surface area contributed by atoms with Gasteiger partial charge >= 0.3 is 0 Å². The fourth-order valence-electron chi connectivity index (χ4n) is 7.62. The van der Waals surface area contributed by atoms with E-state index in [1.807, 2.05) is 6.92 Å². The van der Waals surface area contributed by atoms with Crippen LogP contribution < -0.4 is 24.8 Å². The van der Waals surface area contributed by atoms with Crippen LogP contribution in [0.1, 0.15) is 57.2 Å². The first kappa shape index (κ1) is 45.0. The summed E-state index contributed by atoms with van der Waals surface area (Å²) in [5.74, 6) is -1.32. The molecule has 6 bridgehead atoms. The molecule has 0 aromatic heterocycles. The van der Waals surface area contributed by atoms with Gasteiger partial charge in [0, 0.05) is 47.0 Å². The molecule has 15 nitrogen and oxygen atoms in total. The zero-order valence-electron chi connectivity index (χ0n) is 36.0. The second-order valence-corrected chi connectivity index (χ2v) is 15.6. The number of unbranched alkanes of at least 4 members (excludes halogenated alkanes) is 1. The minimum atomic E-state index is -1.16. The van der Waals surface area contributed by atoms with E-state index in [0.29, 0.717) is 40.5 Å². The van der Waals surface area contributed by atoms with Crippen molar-refractivity contribution in [3.05, 3.63) is 83.4 Å². The molecule has 1 saturated heterocycles. The van der Waals surface area contributed by atoms with E-state index in [1.165, 1.54) is 54.8 Å². The maximum atomic E-state index is 14.8. The highest BCUT2D eigenvalue weighted by atomic mass is 16.5. The molecule has 3 aromatic rings. The predicted molar refractivity (Wildman–Crippen MR) is 225 cm³/mol. The van der Waals surface area contributed by atoms with Crippen LogP contribution in [0.15, 0.2) is 66.7 Å². The standard InChI is InChI=1S/C45H58N6O9/c1-10-11-22-51-29(4)44(56)48(5)35(23-30-12-17-33(58-8)18-13-30)40(52)46-27(2)42(54)50(7)37-24-31-14-19-34(20-15-31)60-39-26-32(16-21-38(39)59-9)25-36(49(6)45(37)57)41(53)47-28(3)43(51)55/h12-21,26-29,35-37H,10-11,22-25H2,1-9H3,(H,46,52)(H,47,53)/t27-,28+,29-,35-,36-,37-/m0/s1. The van der Waals surface area contributed by atoms with Gasteiger partial charge < -0.3 is 44.4 Å². The number of carbonyl (C=O) groups excluding carboxylic acids is 6. The molecule has 3 heterocycles. The quantitative estimate of drug-likeness (QED) is 0.363. The molecule has 6 amide bonds. The van der Waals surface area contributed by atoms with Crippen molar-refractivity contribution in [3.8, 4) is 23.0 Å². The fraction of sp³-hybridized carbons (Fsp3) is 0.467. The maximum absolute atomic E-state index is 14.8. The zero-order valence-corrected chi connectivity index (χ0v) is 36.0. The second kappa shape index (κ2) is 19.8. The topological polar surface area (TPSA) is 167 Å². The van der Waals surface area contributed by atoms with Crippen LogP contribution in [0.4, 0.5) is 0 Å². The predicted octanol–water partition coefficient (Wildman–Crippen LogP) is 3.36. The molecule has 1 fully saturated rings. The van der Waals surface area contributed by atoms with E-state index in [4.69, 9.17) is 14.2 Å². The highest BCUT2D eigenvalue weighted by Gasteiger charge is 2.40. The van der Waals surface area contributed by atoms with Gasteiger partial charge in [0.25, 0.3) is 0 Å². The lowest BCUT2D eigenvalue weighted by molar-refractivity contribution is -0.151. The summed E-state index contributed by atoms with van der Waals surface area (Å²) in [6.07, 6.45) is 1.45. The average molecular weight is 827 g/mol. The first-order valence-corrected chi connectivity index (χ1v) is 20.4. The highest BCUT2D eigenvalue weighted by molar-refractivity contribution is 5.98. The van der Waals surface area contributed by atoms with Gasteiger partial charge in [-0.05, 0) is 80.3 Å². The zero-order chi connectivity index (χ0) is 43.8. The van der Waals surface area contributed by atoms with Crippen molar-refractivity contribution in [1.29, 1.82) is 0 Å². The summed E-state index contributed by atoms with van der Waals surface area (Å²) >= 11 is 0. The van der Waals surface area contributed by atoms with Gasteiger partial charge in [-0.3, -0.25) is 28.8 Å². The summed E-state index contributed by atoms with van der Waals surface area (Å²) < 4.78 is 17.1. The Morgan fingerprint density at radius 2 is 1.27 bits per heavy atom. The second-order valence-electron chi connectivity index (χ2n) is 15.6. The number of rotatable bonds is 7. The molecule has 0 radical (unpaired) electrons. The Labute approximate surface area is 352 Å². The number of ether oxygens (including phenoxy) is 3. The number of carbonyl (C=O) groups is 6. The molecule has 3 aromatic carbocycles. The van der Waals surface area contributed by atoms with Crippen LogP contribution in [0.2, 0.25) is 0 Å². The SMILES string of the molecule is CCCCN1C(=O)[C@@H](C)NC(=O)[C@@H]2Cc3ccc(OC)c(c3)Oc3ccc(cc3)C[C@@H](C(=O)N2C)N(C)C(=O)[C@H](C)NC(=O)[C@H](Cc2ccc(OC)cc2)N(C)C(=O)[C@@H]1C. The molecule has 0 aliphatic carbocycles. The van der Waals surface area contributed by atoms with E-state index < -0.39 is 71.7 Å². The number of benzene rings is 3. The minimum absolute atomic E-state index is 0.0125. The Hall–Kier alpha value is -6.12. The normalized spacial score (nSPS) is 23.7. The summed E-state index contributed by atoms with van der Waals surface area (Å²) in [6, 6.07) is 12.7. The molecule has 3 aliphatic rings. The van der Waals surface area contributed by atoms with Gasteiger partial charge in [0.05, 0.1) is 14.2 Å². The summed E-state index contributed by atoms with van der Waals surface area (Å²) in [5, 5.41) is 5.67. The molecule has 0 spiro atoms. The van der Waals surface area contributed by atoms with Gasteiger partial charge in [-0.25, -0.2) is 0 Å². The smallest absolute Gasteiger partial charge is 0.246 e. The molecular weight excluding hydrogens is 769 g/mol. The molecule has 3 aliphatic heterocycles. The number of hydrogen-bond donors (Lipinski definition) is 2. The van der Waals surface area contributed by atoms with Crippen LogP contribution in [0, 0.1) is 0 Å². The van der Waals surface area contributed by atoms with Crippen LogP contribution in [0.25, 0.3) is 0 Å².